The number of hydrogen-bond donors (Lipinski definition) is 2. The Balaban J connectivity index is 1.25. The molecule has 0 amide bonds. The van der Waals surface area contributed by atoms with Crippen LogP contribution in [-0.2, 0) is 39.4 Å². The SMILES string of the molecule is C=C[C@]1(COP(=O)(N[C@@H](C)C(=O)OCc2ccccc2)Oc2ccccc2)O[C@@H](n2ccc(N)nc2=O)[C@@H]2OC3(CCCC3)O[C@@H]21. The largest absolute Gasteiger partial charge is 0.460 e. The molecule has 0 bridgehead atoms. The molecule has 2 aromatic carbocycles. The number of rotatable bonds is 12. The number of aromatic nitrogens is 2. The molecule has 3 N–H and O–H groups in total. The lowest BCUT2D eigenvalue weighted by Gasteiger charge is -2.34. The predicted octanol–water partition coefficient (Wildman–Crippen LogP) is 4.26. The lowest BCUT2D eigenvalue weighted by molar-refractivity contribution is -0.229. The molecule has 6 rings (SSSR count). The van der Waals surface area contributed by atoms with E-state index in [9.17, 15) is 14.2 Å². The number of ether oxygens (including phenoxy) is 4. The molecule has 0 radical (unpaired) electrons. The lowest BCUT2D eigenvalue weighted by atomic mass is 9.96. The molecule has 1 unspecified atom stereocenters. The molecule has 1 aliphatic carbocycles. The van der Waals surface area contributed by atoms with Crippen LogP contribution in [0.25, 0.3) is 0 Å². The number of nitrogens with one attached hydrogen (secondary N) is 1. The highest BCUT2D eigenvalue weighted by molar-refractivity contribution is 7.52. The second-order valence-corrected chi connectivity index (χ2v) is 13.3. The van der Waals surface area contributed by atoms with Crippen LogP contribution in [0.4, 0.5) is 5.82 Å². The third-order valence-corrected chi connectivity index (χ3v) is 9.91. The number of carbonyl (C=O) groups is 1. The third-order valence-electron chi connectivity index (χ3n) is 8.29. The van der Waals surface area contributed by atoms with Gasteiger partial charge in [0.05, 0.1) is 6.61 Å². The van der Waals surface area contributed by atoms with Crippen molar-refractivity contribution in [2.24, 2.45) is 0 Å². The quantitative estimate of drug-likeness (QED) is 0.163. The minimum absolute atomic E-state index is 0.0344. The highest BCUT2D eigenvalue weighted by Crippen LogP contribution is 2.54. The molecule has 13 nitrogen and oxygen atoms in total. The maximum atomic E-state index is 14.4. The number of para-hydroxylation sites is 1. The molecule has 3 aliphatic rings. The van der Waals surface area contributed by atoms with Crippen molar-refractivity contribution in [1.29, 1.82) is 0 Å². The number of nitrogen functional groups attached to an aromatic ring is 1. The van der Waals surface area contributed by atoms with Gasteiger partial charge in [0.25, 0.3) is 0 Å². The van der Waals surface area contributed by atoms with E-state index in [0.717, 1.165) is 18.4 Å². The summed E-state index contributed by atoms with van der Waals surface area (Å²) in [5.74, 6) is -1.23. The van der Waals surface area contributed by atoms with Gasteiger partial charge in [0.15, 0.2) is 12.0 Å². The molecule has 2 saturated heterocycles. The lowest BCUT2D eigenvalue weighted by Crippen LogP contribution is -2.46. The van der Waals surface area contributed by atoms with Crippen molar-refractivity contribution in [2.75, 3.05) is 12.3 Å². The standard InChI is InChI=1S/C32H37N4O9P/c1-3-31(27-26(42-32(43-27)17-10-11-18-32)28(44-31)36-19-16-25(33)34-30(36)38)21-41-46(39,45-24-14-8-5-9-15-24)35-22(2)29(37)40-20-23-12-6-4-7-13-23/h3-9,12-16,19,22,26-28H,1,10-11,17-18,20-21H2,2H3,(H,35,39)(H2,33,34,38)/t22-,26+,27-,28+,31+,46?/m0/s1. The zero-order chi connectivity index (χ0) is 32.4. The molecular formula is C32H37N4O9P. The van der Waals surface area contributed by atoms with Crippen molar-refractivity contribution in [3.8, 4) is 5.75 Å². The Labute approximate surface area is 266 Å². The number of nitrogens with two attached hydrogens (primary N) is 1. The normalized spacial score (nSPS) is 26.7. The Bertz CT molecular complexity index is 1650. The van der Waals surface area contributed by atoms with E-state index >= 15 is 0 Å². The number of carbonyl (C=O) groups excluding carboxylic acids is 1. The van der Waals surface area contributed by atoms with Crippen LogP contribution in [0.2, 0.25) is 0 Å². The van der Waals surface area contributed by atoms with E-state index in [2.05, 4.69) is 16.7 Å². The summed E-state index contributed by atoms with van der Waals surface area (Å²) in [6, 6.07) is 18.0. The average molecular weight is 653 g/mol. The van der Waals surface area contributed by atoms with Gasteiger partial charge in [-0.15, -0.1) is 6.58 Å². The highest BCUT2D eigenvalue weighted by Gasteiger charge is 2.65. The Kier molecular flexibility index (Phi) is 9.15. The number of esters is 1. The molecule has 1 aromatic heterocycles. The first-order chi connectivity index (χ1) is 22.1. The molecule has 1 spiro atoms. The average Bonchev–Trinajstić information content (AvgIpc) is 3.75. The molecule has 3 aromatic rings. The summed E-state index contributed by atoms with van der Waals surface area (Å²) in [7, 11) is -4.31. The first-order valence-electron chi connectivity index (χ1n) is 15.1. The Morgan fingerprint density at radius 1 is 1.13 bits per heavy atom. The van der Waals surface area contributed by atoms with Gasteiger partial charge in [-0.25, -0.2) is 9.36 Å². The fourth-order valence-electron chi connectivity index (χ4n) is 5.94. The number of benzene rings is 2. The molecule has 46 heavy (non-hydrogen) atoms. The van der Waals surface area contributed by atoms with E-state index in [1.165, 1.54) is 29.8 Å². The van der Waals surface area contributed by atoms with Crippen molar-refractivity contribution in [3.05, 3.63) is 102 Å². The van der Waals surface area contributed by atoms with Crippen LogP contribution >= 0.6 is 7.75 Å². The summed E-state index contributed by atoms with van der Waals surface area (Å²) >= 11 is 0. The second kappa shape index (κ2) is 13.1. The minimum Gasteiger partial charge on any atom is -0.460 e. The van der Waals surface area contributed by atoms with Gasteiger partial charge in [0.2, 0.25) is 0 Å². The summed E-state index contributed by atoms with van der Waals surface area (Å²) in [6.07, 6.45) is 3.58. The first-order valence-corrected chi connectivity index (χ1v) is 16.7. The second-order valence-electron chi connectivity index (χ2n) is 11.6. The number of hydrogen-bond acceptors (Lipinski definition) is 11. The van der Waals surface area contributed by atoms with Crippen LogP contribution in [-0.4, -0.2) is 51.8 Å². The summed E-state index contributed by atoms with van der Waals surface area (Å²) in [5.41, 5.74) is 4.45. The Morgan fingerprint density at radius 3 is 2.50 bits per heavy atom. The van der Waals surface area contributed by atoms with E-state index in [1.54, 1.807) is 30.3 Å². The zero-order valence-corrected chi connectivity index (χ0v) is 26.3. The van der Waals surface area contributed by atoms with Crippen molar-refractivity contribution in [2.45, 2.75) is 75.1 Å². The fourth-order valence-corrected chi connectivity index (χ4v) is 7.47. The van der Waals surface area contributed by atoms with Gasteiger partial charge in [0, 0.05) is 19.0 Å². The van der Waals surface area contributed by atoms with Gasteiger partial charge in [-0.3, -0.25) is 13.9 Å². The van der Waals surface area contributed by atoms with Crippen LogP contribution in [0.3, 0.4) is 0 Å². The number of fused-ring (bicyclic) bond motifs is 1. The van der Waals surface area contributed by atoms with Crippen molar-refractivity contribution < 1.29 is 37.4 Å². The summed E-state index contributed by atoms with van der Waals surface area (Å²) < 4.78 is 52.5. The van der Waals surface area contributed by atoms with Gasteiger partial charge in [-0.05, 0) is 43.5 Å². The topological polar surface area (TPSA) is 162 Å². The van der Waals surface area contributed by atoms with E-state index in [-0.39, 0.29) is 18.2 Å². The molecular weight excluding hydrogens is 615 g/mol. The van der Waals surface area contributed by atoms with E-state index < -0.39 is 61.9 Å². The fraction of sp³-hybridized carbons (Fsp3) is 0.406. The zero-order valence-electron chi connectivity index (χ0n) is 25.4. The third kappa shape index (κ3) is 6.66. The molecule has 2 aliphatic heterocycles. The van der Waals surface area contributed by atoms with Gasteiger partial charge < -0.3 is 29.2 Å². The predicted molar refractivity (Wildman–Crippen MR) is 166 cm³/mol. The first kappa shape index (κ1) is 32.1. The summed E-state index contributed by atoms with van der Waals surface area (Å²) in [4.78, 5) is 29.7. The van der Waals surface area contributed by atoms with E-state index in [4.69, 9.17) is 33.7 Å². The molecule has 3 heterocycles. The molecule has 1 saturated carbocycles. The van der Waals surface area contributed by atoms with Gasteiger partial charge in [-0.1, -0.05) is 54.6 Å². The molecule has 244 valence electrons. The number of nitrogens with zero attached hydrogens (tertiary/aromatic N) is 2. The smallest absolute Gasteiger partial charge is 0.459 e. The van der Waals surface area contributed by atoms with Crippen LogP contribution in [0.15, 0.2) is 90.4 Å². The molecule has 14 heteroatoms. The van der Waals surface area contributed by atoms with Crippen molar-refractivity contribution >= 4 is 19.5 Å². The van der Waals surface area contributed by atoms with Gasteiger partial charge in [0.1, 0.15) is 42.0 Å². The van der Waals surface area contributed by atoms with E-state index in [1.807, 2.05) is 30.3 Å². The van der Waals surface area contributed by atoms with Crippen molar-refractivity contribution in [3.63, 3.8) is 0 Å². The van der Waals surface area contributed by atoms with E-state index in [0.29, 0.717) is 12.8 Å². The highest BCUT2D eigenvalue weighted by atomic mass is 31.2. The Hall–Kier alpha value is -3.84. The molecule has 3 fully saturated rings. The van der Waals surface area contributed by atoms with Gasteiger partial charge >= 0.3 is 19.4 Å². The van der Waals surface area contributed by atoms with Crippen LogP contribution in [0, 0.1) is 0 Å². The number of anilines is 1. The minimum atomic E-state index is -4.31. The van der Waals surface area contributed by atoms with Gasteiger partial charge in [-0.2, -0.15) is 10.1 Å². The Morgan fingerprint density at radius 2 is 1.83 bits per heavy atom. The molecule has 6 atom stereocenters. The van der Waals surface area contributed by atoms with Crippen LogP contribution in [0.1, 0.15) is 44.4 Å². The maximum absolute atomic E-state index is 14.4. The summed E-state index contributed by atoms with van der Waals surface area (Å²) in [6.45, 7) is 5.13. The summed E-state index contributed by atoms with van der Waals surface area (Å²) in [5, 5.41) is 2.71. The van der Waals surface area contributed by atoms with Crippen molar-refractivity contribution in [1.82, 2.24) is 14.6 Å². The maximum Gasteiger partial charge on any atom is 0.459 e. The monoisotopic (exact) mass is 652 g/mol. The van der Waals surface area contributed by atoms with Crippen LogP contribution < -0.4 is 21.0 Å². The van der Waals surface area contributed by atoms with Crippen LogP contribution in [0.5, 0.6) is 5.75 Å².